The van der Waals surface area contributed by atoms with Crippen molar-refractivity contribution in [2.24, 2.45) is 0 Å². The quantitative estimate of drug-likeness (QED) is 0.555. The van der Waals surface area contributed by atoms with E-state index in [-0.39, 0.29) is 0 Å². The van der Waals surface area contributed by atoms with Crippen molar-refractivity contribution in [3.05, 3.63) is 60.8 Å². The maximum atomic E-state index is 5.61. The molecule has 1 fully saturated rings. The van der Waals surface area contributed by atoms with Crippen LogP contribution in [0, 0.1) is 0 Å². The van der Waals surface area contributed by atoms with E-state index in [9.17, 15) is 0 Å². The van der Waals surface area contributed by atoms with Gasteiger partial charge in [0.1, 0.15) is 0 Å². The summed E-state index contributed by atoms with van der Waals surface area (Å²) in [6.07, 6.45) is 1.76. The van der Waals surface area contributed by atoms with Crippen LogP contribution in [-0.2, 0) is 4.74 Å². The summed E-state index contributed by atoms with van der Waals surface area (Å²) in [5.74, 6) is 0.565. The molecular formula is C20H20ClN5OS. The maximum Gasteiger partial charge on any atom is 0.227 e. The average Bonchev–Trinajstić information content (AvgIpc) is 2.76. The van der Waals surface area contributed by atoms with Crippen LogP contribution in [0.25, 0.3) is 11.3 Å². The number of rotatable bonds is 6. The zero-order chi connectivity index (χ0) is 19.2. The van der Waals surface area contributed by atoms with Crippen LogP contribution < -0.4 is 14.9 Å². The predicted octanol–water partition coefficient (Wildman–Crippen LogP) is 4.94. The smallest absolute Gasteiger partial charge is 0.227 e. The van der Waals surface area contributed by atoms with Gasteiger partial charge < -0.3 is 19.7 Å². The van der Waals surface area contributed by atoms with Crippen LogP contribution in [-0.4, -0.2) is 36.3 Å². The van der Waals surface area contributed by atoms with E-state index in [4.69, 9.17) is 15.4 Å². The van der Waals surface area contributed by atoms with E-state index >= 15 is 0 Å². The lowest BCUT2D eigenvalue weighted by atomic mass is 10.1. The molecule has 1 aromatic heterocycles. The van der Waals surface area contributed by atoms with E-state index in [1.165, 1.54) is 5.69 Å². The molecule has 0 radical (unpaired) electrons. The van der Waals surface area contributed by atoms with Gasteiger partial charge in [-0.1, -0.05) is 12.1 Å². The summed E-state index contributed by atoms with van der Waals surface area (Å²) in [6.45, 7) is 3.41. The molecule has 0 aliphatic carbocycles. The molecule has 6 nitrogen and oxygen atoms in total. The van der Waals surface area contributed by atoms with Gasteiger partial charge in [-0.05, 0) is 53.1 Å². The number of anilines is 4. The number of halogens is 1. The van der Waals surface area contributed by atoms with Gasteiger partial charge in [-0.15, -0.1) is 0 Å². The highest BCUT2D eigenvalue weighted by Crippen LogP contribution is 2.24. The second kappa shape index (κ2) is 9.14. The van der Waals surface area contributed by atoms with Crippen LogP contribution in [0.1, 0.15) is 0 Å². The lowest BCUT2D eigenvalue weighted by Gasteiger charge is -2.28. The van der Waals surface area contributed by atoms with E-state index in [1.54, 1.807) is 6.20 Å². The molecule has 4 rings (SSSR count). The highest BCUT2D eigenvalue weighted by molar-refractivity contribution is 8.22. The number of morpholine rings is 1. The second-order valence-electron chi connectivity index (χ2n) is 6.29. The Morgan fingerprint density at radius 3 is 2.36 bits per heavy atom. The lowest BCUT2D eigenvalue weighted by Crippen LogP contribution is -2.36. The third-order valence-corrected chi connectivity index (χ3v) is 5.04. The van der Waals surface area contributed by atoms with Crippen LogP contribution in [0.5, 0.6) is 0 Å². The van der Waals surface area contributed by atoms with Crippen molar-refractivity contribution in [3.63, 3.8) is 0 Å². The van der Waals surface area contributed by atoms with E-state index in [0.29, 0.717) is 5.95 Å². The molecule has 2 N–H and O–H groups in total. The van der Waals surface area contributed by atoms with E-state index < -0.39 is 0 Å². The molecule has 144 valence electrons. The fourth-order valence-corrected chi connectivity index (χ4v) is 3.53. The number of hydrogen-bond donors (Lipinski definition) is 2. The number of ether oxygens (including phenoxy) is 1. The molecule has 3 aromatic rings. The Morgan fingerprint density at radius 1 is 0.929 bits per heavy atom. The minimum absolute atomic E-state index is 0.565. The van der Waals surface area contributed by atoms with Crippen LogP contribution in [0.15, 0.2) is 60.8 Å². The van der Waals surface area contributed by atoms with E-state index in [2.05, 4.69) is 37.0 Å². The van der Waals surface area contributed by atoms with Gasteiger partial charge in [0.15, 0.2) is 0 Å². The molecule has 0 atom stereocenters. The molecule has 1 saturated heterocycles. The minimum Gasteiger partial charge on any atom is -0.378 e. The fraction of sp³-hybridized carbons (Fsp3) is 0.200. The molecule has 2 aromatic carbocycles. The SMILES string of the molecule is ClSNc1ccc(-c2ccnc(Nc3ccc(N4CCOCC4)cc3)n2)cc1. The Bertz CT molecular complexity index is 901. The zero-order valence-electron chi connectivity index (χ0n) is 15.1. The number of benzene rings is 2. The standard InChI is InChI=1S/C20H20ClN5OS/c21-28-25-17-3-1-15(2-4-17)19-9-10-22-20(24-19)23-16-5-7-18(8-6-16)26-11-13-27-14-12-26/h1-10,25H,11-14H2,(H,22,23,24). The maximum absolute atomic E-state index is 5.61. The summed E-state index contributed by atoms with van der Waals surface area (Å²) in [6, 6.07) is 18.1. The van der Waals surface area contributed by atoms with Crippen LogP contribution >= 0.6 is 21.8 Å². The third-order valence-electron chi connectivity index (χ3n) is 4.49. The first-order valence-corrected chi connectivity index (χ1v) is 10.6. The van der Waals surface area contributed by atoms with Gasteiger partial charge in [0.25, 0.3) is 0 Å². The first-order valence-electron chi connectivity index (χ1n) is 8.99. The molecule has 0 amide bonds. The van der Waals surface area contributed by atoms with Crippen molar-refractivity contribution in [1.82, 2.24) is 9.97 Å². The molecule has 2 heterocycles. The Kier molecular flexibility index (Phi) is 6.16. The molecular weight excluding hydrogens is 394 g/mol. The highest BCUT2D eigenvalue weighted by Gasteiger charge is 2.11. The summed E-state index contributed by atoms with van der Waals surface area (Å²) >= 11 is 1.05. The topological polar surface area (TPSA) is 62.3 Å². The van der Waals surface area contributed by atoms with E-state index in [1.807, 2.05) is 42.5 Å². The highest BCUT2D eigenvalue weighted by atomic mass is 35.7. The van der Waals surface area contributed by atoms with Crippen molar-refractivity contribution in [2.75, 3.05) is 41.2 Å². The lowest BCUT2D eigenvalue weighted by molar-refractivity contribution is 0.122. The Balaban J connectivity index is 1.45. The van der Waals surface area contributed by atoms with Gasteiger partial charge in [-0.25, -0.2) is 9.97 Å². The Labute approximate surface area is 172 Å². The number of hydrogen-bond acceptors (Lipinski definition) is 7. The molecule has 28 heavy (non-hydrogen) atoms. The normalized spacial score (nSPS) is 14.0. The summed E-state index contributed by atoms with van der Waals surface area (Å²) in [4.78, 5) is 11.3. The molecule has 1 aliphatic rings. The molecule has 8 heteroatoms. The van der Waals surface area contributed by atoms with Crippen LogP contribution in [0.2, 0.25) is 0 Å². The van der Waals surface area contributed by atoms with Crippen molar-refractivity contribution >= 4 is 44.9 Å². The molecule has 0 unspecified atom stereocenters. The average molecular weight is 414 g/mol. The summed E-state index contributed by atoms with van der Waals surface area (Å²) < 4.78 is 8.39. The van der Waals surface area contributed by atoms with Gasteiger partial charge in [-0.2, -0.15) is 0 Å². The Morgan fingerprint density at radius 2 is 1.64 bits per heavy atom. The van der Waals surface area contributed by atoms with Crippen LogP contribution in [0.4, 0.5) is 23.0 Å². The second-order valence-corrected chi connectivity index (χ2v) is 7.11. The molecule has 0 saturated carbocycles. The first-order chi connectivity index (χ1) is 13.8. The summed E-state index contributed by atoms with van der Waals surface area (Å²) in [7, 11) is 5.61. The van der Waals surface area contributed by atoms with Crippen molar-refractivity contribution < 1.29 is 4.74 Å². The molecule has 0 spiro atoms. The Hall–Kier alpha value is -2.48. The number of aromatic nitrogens is 2. The van der Waals surface area contributed by atoms with Gasteiger partial charge in [0.05, 0.1) is 30.1 Å². The van der Waals surface area contributed by atoms with E-state index in [0.717, 1.165) is 60.1 Å². The molecule has 0 bridgehead atoms. The number of nitrogens with one attached hydrogen (secondary N) is 2. The van der Waals surface area contributed by atoms with Crippen molar-refractivity contribution in [2.45, 2.75) is 0 Å². The zero-order valence-corrected chi connectivity index (χ0v) is 16.7. The first kappa shape index (κ1) is 18.9. The molecule has 1 aliphatic heterocycles. The monoisotopic (exact) mass is 413 g/mol. The summed E-state index contributed by atoms with van der Waals surface area (Å²) in [5.41, 5.74) is 4.96. The van der Waals surface area contributed by atoms with Gasteiger partial charge in [0.2, 0.25) is 5.95 Å². The minimum atomic E-state index is 0.565. The third kappa shape index (κ3) is 4.67. The number of nitrogens with zero attached hydrogens (tertiary/aromatic N) is 3. The van der Waals surface area contributed by atoms with Gasteiger partial charge in [-0.3, -0.25) is 0 Å². The van der Waals surface area contributed by atoms with Crippen molar-refractivity contribution in [1.29, 1.82) is 0 Å². The van der Waals surface area contributed by atoms with Gasteiger partial charge in [0, 0.05) is 41.9 Å². The van der Waals surface area contributed by atoms with Crippen LogP contribution in [0.3, 0.4) is 0 Å². The van der Waals surface area contributed by atoms with Crippen molar-refractivity contribution in [3.8, 4) is 11.3 Å². The largest absolute Gasteiger partial charge is 0.378 e. The fourth-order valence-electron chi connectivity index (χ4n) is 3.04. The summed E-state index contributed by atoms with van der Waals surface area (Å²) in [5, 5.41) is 3.28. The predicted molar refractivity (Wildman–Crippen MR) is 117 cm³/mol. The van der Waals surface area contributed by atoms with Gasteiger partial charge >= 0.3 is 0 Å².